The van der Waals surface area contributed by atoms with E-state index >= 15 is 0 Å². The van der Waals surface area contributed by atoms with E-state index in [4.69, 9.17) is 4.74 Å². The SMILES string of the molecule is CCOC(=O)C(CC)CCCn1c(=O)c2c(ncn2CC)n(C)c1=O. The Labute approximate surface area is 146 Å². The van der Waals surface area contributed by atoms with Crippen molar-refractivity contribution in [3.05, 3.63) is 27.2 Å². The number of aromatic nitrogens is 4. The Morgan fingerprint density at radius 3 is 2.60 bits per heavy atom. The van der Waals surface area contributed by atoms with Crippen molar-refractivity contribution in [3.8, 4) is 0 Å². The first-order chi connectivity index (χ1) is 12.0. The maximum atomic E-state index is 12.7. The summed E-state index contributed by atoms with van der Waals surface area (Å²) in [4.78, 5) is 41.2. The van der Waals surface area contributed by atoms with Crippen LogP contribution in [0.4, 0.5) is 0 Å². The Morgan fingerprint density at radius 2 is 2.00 bits per heavy atom. The van der Waals surface area contributed by atoms with Crippen molar-refractivity contribution in [1.29, 1.82) is 0 Å². The highest BCUT2D eigenvalue weighted by molar-refractivity contribution is 5.72. The molecule has 8 nitrogen and oxygen atoms in total. The number of carbonyl (C=O) groups is 1. The minimum Gasteiger partial charge on any atom is -0.466 e. The summed E-state index contributed by atoms with van der Waals surface area (Å²) < 4.78 is 9.42. The number of esters is 1. The van der Waals surface area contributed by atoms with Crippen molar-refractivity contribution in [1.82, 2.24) is 18.7 Å². The zero-order valence-electron chi connectivity index (χ0n) is 15.3. The third-order valence-electron chi connectivity index (χ3n) is 4.49. The van der Waals surface area contributed by atoms with Gasteiger partial charge in [-0.3, -0.25) is 18.7 Å². The summed E-state index contributed by atoms with van der Waals surface area (Å²) in [6, 6.07) is 0. The fraction of sp³-hybridized carbons (Fsp3) is 0.647. The largest absolute Gasteiger partial charge is 0.466 e. The third-order valence-corrected chi connectivity index (χ3v) is 4.49. The van der Waals surface area contributed by atoms with E-state index in [0.29, 0.717) is 43.6 Å². The molecule has 1 unspecified atom stereocenters. The van der Waals surface area contributed by atoms with Crippen molar-refractivity contribution in [2.75, 3.05) is 6.61 Å². The van der Waals surface area contributed by atoms with Crippen molar-refractivity contribution in [2.24, 2.45) is 13.0 Å². The fourth-order valence-electron chi connectivity index (χ4n) is 3.00. The van der Waals surface area contributed by atoms with Gasteiger partial charge in [0, 0.05) is 20.1 Å². The van der Waals surface area contributed by atoms with Crippen LogP contribution in [0.3, 0.4) is 0 Å². The van der Waals surface area contributed by atoms with Gasteiger partial charge in [-0.2, -0.15) is 0 Å². The lowest BCUT2D eigenvalue weighted by Gasteiger charge is -2.14. The number of nitrogens with zero attached hydrogens (tertiary/aromatic N) is 4. The molecule has 0 bridgehead atoms. The van der Waals surface area contributed by atoms with Gasteiger partial charge >= 0.3 is 11.7 Å². The van der Waals surface area contributed by atoms with Crippen LogP contribution in [0.15, 0.2) is 15.9 Å². The number of rotatable bonds is 8. The number of hydrogen-bond donors (Lipinski definition) is 0. The minimum atomic E-state index is -0.386. The second-order valence-corrected chi connectivity index (χ2v) is 6.00. The summed E-state index contributed by atoms with van der Waals surface area (Å²) in [6.45, 7) is 6.85. The molecule has 138 valence electrons. The van der Waals surface area contributed by atoms with Crippen molar-refractivity contribution in [2.45, 2.75) is 53.1 Å². The van der Waals surface area contributed by atoms with E-state index in [2.05, 4.69) is 4.98 Å². The molecule has 0 N–H and O–H groups in total. The minimum absolute atomic E-state index is 0.204. The van der Waals surface area contributed by atoms with Crippen molar-refractivity contribution >= 4 is 17.1 Å². The molecule has 25 heavy (non-hydrogen) atoms. The molecule has 0 amide bonds. The van der Waals surface area contributed by atoms with E-state index in [0.717, 1.165) is 0 Å². The van der Waals surface area contributed by atoms with Crippen LogP contribution in [0.5, 0.6) is 0 Å². The zero-order chi connectivity index (χ0) is 18.6. The second-order valence-electron chi connectivity index (χ2n) is 6.00. The number of hydrogen-bond acceptors (Lipinski definition) is 5. The number of carbonyl (C=O) groups excluding carboxylic acids is 1. The highest BCUT2D eigenvalue weighted by Gasteiger charge is 2.19. The molecule has 2 aromatic heterocycles. The van der Waals surface area contributed by atoms with Crippen LogP contribution in [0.25, 0.3) is 11.2 Å². The highest BCUT2D eigenvalue weighted by Crippen LogP contribution is 2.13. The molecule has 0 saturated carbocycles. The van der Waals surface area contributed by atoms with Gasteiger partial charge in [0.15, 0.2) is 11.2 Å². The molecule has 0 aromatic carbocycles. The molecular weight excluding hydrogens is 324 g/mol. The Morgan fingerprint density at radius 1 is 1.28 bits per heavy atom. The number of imidazole rings is 1. The van der Waals surface area contributed by atoms with E-state index in [1.165, 1.54) is 9.13 Å². The van der Waals surface area contributed by atoms with Crippen LogP contribution in [-0.4, -0.2) is 31.3 Å². The first-order valence-electron chi connectivity index (χ1n) is 8.77. The summed E-state index contributed by atoms with van der Waals surface area (Å²) in [5.41, 5.74) is 0.109. The Hall–Kier alpha value is -2.38. The summed E-state index contributed by atoms with van der Waals surface area (Å²) >= 11 is 0. The number of aryl methyl sites for hydroxylation is 2. The van der Waals surface area contributed by atoms with E-state index in [1.807, 2.05) is 13.8 Å². The molecule has 0 aliphatic rings. The van der Waals surface area contributed by atoms with Crippen molar-refractivity contribution in [3.63, 3.8) is 0 Å². The Balaban J connectivity index is 2.25. The van der Waals surface area contributed by atoms with Crippen LogP contribution >= 0.6 is 0 Å². The molecule has 1 atom stereocenters. The van der Waals surface area contributed by atoms with E-state index in [-0.39, 0.29) is 29.7 Å². The lowest BCUT2D eigenvalue weighted by Crippen LogP contribution is -2.39. The standard InChI is InChI=1S/C17H26N4O4/c1-5-12(16(23)25-7-3)9-8-10-21-15(22)13-14(19(4)17(21)24)18-11-20(13)6-2/h11-12H,5-10H2,1-4H3. The maximum Gasteiger partial charge on any atom is 0.332 e. The van der Waals surface area contributed by atoms with Crippen molar-refractivity contribution < 1.29 is 9.53 Å². The van der Waals surface area contributed by atoms with E-state index < -0.39 is 0 Å². The Bertz CT molecular complexity index is 862. The summed E-state index contributed by atoms with van der Waals surface area (Å²) in [5.74, 6) is -0.422. The van der Waals surface area contributed by atoms with Gasteiger partial charge in [0.05, 0.1) is 18.9 Å². The van der Waals surface area contributed by atoms with Crippen LogP contribution < -0.4 is 11.2 Å². The van der Waals surface area contributed by atoms with Crippen LogP contribution in [0.1, 0.15) is 40.0 Å². The lowest BCUT2D eigenvalue weighted by atomic mass is 10.0. The molecule has 8 heteroatoms. The quantitative estimate of drug-likeness (QED) is 0.669. The van der Waals surface area contributed by atoms with Gasteiger partial charge in [-0.15, -0.1) is 0 Å². The molecule has 0 aliphatic carbocycles. The van der Waals surface area contributed by atoms with Gasteiger partial charge in [-0.25, -0.2) is 9.78 Å². The second kappa shape index (κ2) is 8.13. The molecule has 0 aliphatic heterocycles. The summed E-state index contributed by atoms with van der Waals surface area (Å²) in [6.07, 6.45) is 3.38. The van der Waals surface area contributed by atoms with E-state index in [9.17, 15) is 14.4 Å². The van der Waals surface area contributed by atoms with Gasteiger partial charge in [0.1, 0.15) is 0 Å². The molecule has 2 aromatic rings. The third kappa shape index (κ3) is 3.67. The Kier molecular flexibility index (Phi) is 6.17. The molecule has 0 radical (unpaired) electrons. The fourth-order valence-corrected chi connectivity index (χ4v) is 3.00. The van der Waals surface area contributed by atoms with Gasteiger partial charge in [-0.1, -0.05) is 6.92 Å². The molecular formula is C17H26N4O4. The molecule has 2 heterocycles. The van der Waals surface area contributed by atoms with Gasteiger partial charge < -0.3 is 9.30 Å². The molecule has 2 rings (SSSR count). The maximum absolute atomic E-state index is 12.7. The van der Waals surface area contributed by atoms with Crippen LogP contribution in [0.2, 0.25) is 0 Å². The molecule has 0 spiro atoms. The predicted octanol–water partition coefficient (Wildman–Crippen LogP) is 1.29. The van der Waals surface area contributed by atoms with Gasteiger partial charge in [0.2, 0.25) is 0 Å². The number of ether oxygens (including phenoxy) is 1. The average molecular weight is 350 g/mol. The highest BCUT2D eigenvalue weighted by atomic mass is 16.5. The van der Waals surface area contributed by atoms with Crippen LogP contribution in [0, 0.1) is 5.92 Å². The smallest absolute Gasteiger partial charge is 0.332 e. The summed E-state index contributed by atoms with van der Waals surface area (Å²) in [7, 11) is 1.61. The number of fused-ring (bicyclic) bond motifs is 1. The van der Waals surface area contributed by atoms with E-state index in [1.54, 1.807) is 24.9 Å². The first-order valence-corrected chi connectivity index (χ1v) is 8.77. The first kappa shape index (κ1) is 19.0. The normalized spacial score (nSPS) is 12.5. The monoisotopic (exact) mass is 350 g/mol. The van der Waals surface area contributed by atoms with Gasteiger partial charge in [-0.05, 0) is 33.1 Å². The predicted molar refractivity (Wildman–Crippen MR) is 94.6 cm³/mol. The van der Waals surface area contributed by atoms with Gasteiger partial charge in [0.25, 0.3) is 5.56 Å². The lowest BCUT2D eigenvalue weighted by molar-refractivity contribution is -0.148. The summed E-state index contributed by atoms with van der Waals surface area (Å²) in [5, 5.41) is 0. The molecule has 0 saturated heterocycles. The van der Waals surface area contributed by atoms with Crippen LogP contribution in [-0.2, 0) is 29.7 Å². The molecule has 0 fully saturated rings. The zero-order valence-corrected chi connectivity index (χ0v) is 15.3. The topological polar surface area (TPSA) is 88.1 Å². The average Bonchev–Trinajstić information content (AvgIpc) is 3.03.